The van der Waals surface area contributed by atoms with Crippen LogP contribution in [0.1, 0.15) is 32.1 Å². The Labute approximate surface area is 108 Å². The summed E-state index contributed by atoms with van der Waals surface area (Å²) in [4.78, 5) is 0. The van der Waals surface area contributed by atoms with Crippen molar-refractivity contribution in [1.82, 2.24) is 5.32 Å². The van der Waals surface area contributed by atoms with E-state index in [0.29, 0.717) is 18.2 Å². The summed E-state index contributed by atoms with van der Waals surface area (Å²) in [6.07, 6.45) is 6.63. The van der Waals surface area contributed by atoms with E-state index in [1.807, 2.05) is 24.3 Å². The second-order valence-corrected chi connectivity index (χ2v) is 5.38. The van der Waals surface area contributed by atoms with Crippen LogP contribution in [0.2, 0.25) is 0 Å². The number of methoxy groups -OCH3 is 1. The fourth-order valence-corrected chi connectivity index (χ4v) is 3.16. The molecule has 1 N–H and O–H groups in total. The third-order valence-electron chi connectivity index (χ3n) is 4.03. The van der Waals surface area contributed by atoms with Gasteiger partial charge in [0.2, 0.25) is 0 Å². The first-order valence-corrected chi connectivity index (χ1v) is 6.90. The summed E-state index contributed by atoms with van der Waals surface area (Å²) in [5, 5.41) is 3.69. The fourth-order valence-electron chi connectivity index (χ4n) is 3.16. The smallest absolute Gasteiger partial charge is 0.119 e. The number of nitrogens with one attached hydrogen (secondary N) is 1. The maximum atomic E-state index is 6.10. The number of hydrogen-bond donors (Lipinski definition) is 1. The van der Waals surface area contributed by atoms with Gasteiger partial charge in [0.25, 0.3) is 0 Å². The summed E-state index contributed by atoms with van der Waals surface area (Å²) < 4.78 is 11.2. The van der Waals surface area contributed by atoms with Crippen molar-refractivity contribution in [3.63, 3.8) is 0 Å². The maximum Gasteiger partial charge on any atom is 0.119 e. The third kappa shape index (κ3) is 2.61. The SMILES string of the molecule is COc1ccc(OC2CC3CCCC(C2)N3)cc1. The Hall–Kier alpha value is -1.22. The first-order chi connectivity index (χ1) is 8.83. The summed E-state index contributed by atoms with van der Waals surface area (Å²) in [5.74, 6) is 1.84. The van der Waals surface area contributed by atoms with Crippen LogP contribution in [-0.2, 0) is 0 Å². The molecule has 0 amide bonds. The lowest BCUT2D eigenvalue weighted by atomic mass is 9.85. The molecule has 98 valence electrons. The van der Waals surface area contributed by atoms with Crippen molar-refractivity contribution >= 4 is 0 Å². The first-order valence-electron chi connectivity index (χ1n) is 6.90. The highest BCUT2D eigenvalue weighted by molar-refractivity contribution is 5.31. The van der Waals surface area contributed by atoms with Crippen molar-refractivity contribution in [3.05, 3.63) is 24.3 Å². The van der Waals surface area contributed by atoms with Crippen LogP contribution in [-0.4, -0.2) is 25.3 Å². The lowest BCUT2D eigenvalue weighted by Crippen LogP contribution is -2.51. The molecule has 1 aromatic rings. The molecule has 0 aliphatic carbocycles. The van der Waals surface area contributed by atoms with E-state index in [0.717, 1.165) is 24.3 Å². The highest BCUT2D eigenvalue weighted by Crippen LogP contribution is 2.29. The fraction of sp³-hybridized carbons (Fsp3) is 0.600. The van der Waals surface area contributed by atoms with E-state index in [2.05, 4.69) is 5.32 Å². The topological polar surface area (TPSA) is 30.5 Å². The van der Waals surface area contributed by atoms with Gasteiger partial charge in [-0.05, 0) is 49.9 Å². The minimum absolute atomic E-state index is 0.370. The molecule has 0 aromatic heterocycles. The Morgan fingerprint density at radius 2 is 1.61 bits per heavy atom. The van der Waals surface area contributed by atoms with Gasteiger partial charge in [-0.2, -0.15) is 0 Å². The van der Waals surface area contributed by atoms with Gasteiger partial charge in [-0.25, -0.2) is 0 Å². The van der Waals surface area contributed by atoms with Crippen LogP contribution in [0.3, 0.4) is 0 Å². The average molecular weight is 247 g/mol. The monoisotopic (exact) mass is 247 g/mol. The Morgan fingerprint density at radius 1 is 1.00 bits per heavy atom. The van der Waals surface area contributed by atoms with Crippen LogP contribution in [0, 0.1) is 0 Å². The molecule has 2 aliphatic heterocycles. The van der Waals surface area contributed by atoms with Crippen molar-refractivity contribution in [2.24, 2.45) is 0 Å². The zero-order chi connectivity index (χ0) is 12.4. The Kier molecular flexibility index (Phi) is 3.41. The van der Waals surface area contributed by atoms with E-state index in [9.17, 15) is 0 Å². The molecule has 0 radical (unpaired) electrons. The normalized spacial score (nSPS) is 30.8. The first kappa shape index (κ1) is 11.8. The van der Waals surface area contributed by atoms with E-state index in [4.69, 9.17) is 9.47 Å². The highest BCUT2D eigenvalue weighted by atomic mass is 16.5. The number of rotatable bonds is 3. The summed E-state index contributed by atoms with van der Waals surface area (Å²) in [6, 6.07) is 9.24. The van der Waals surface area contributed by atoms with Gasteiger partial charge in [-0.1, -0.05) is 6.42 Å². The molecule has 2 saturated heterocycles. The van der Waals surface area contributed by atoms with E-state index in [1.165, 1.54) is 19.3 Å². The van der Waals surface area contributed by atoms with Gasteiger partial charge in [-0.15, -0.1) is 0 Å². The van der Waals surface area contributed by atoms with E-state index in [1.54, 1.807) is 7.11 Å². The third-order valence-corrected chi connectivity index (χ3v) is 4.03. The summed E-state index contributed by atoms with van der Waals surface area (Å²) in [7, 11) is 1.68. The second kappa shape index (κ2) is 5.19. The zero-order valence-corrected chi connectivity index (χ0v) is 10.9. The van der Waals surface area contributed by atoms with Gasteiger partial charge >= 0.3 is 0 Å². The molecule has 2 heterocycles. The molecule has 3 nitrogen and oxygen atoms in total. The summed E-state index contributed by atoms with van der Waals surface area (Å²) in [6.45, 7) is 0. The highest BCUT2D eigenvalue weighted by Gasteiger charge is 2.32. The largest absolute Gasteiger partial charge is 0.497 e. The Balaban J connectivity index is 1.61. The van der Waals surface area contributed by atoms with Crippen LogP contribution < -0.4 is 14.8 Å². The van der Waals surface area contributed by atoms with Gasteiger partial charge in [0.05, 0.1) is 7.11 Å². The van der Waals surface area contributed by atoms with Crippen molar-refractivity contribution in [2.75, 3.05) is 7.11 Å². The maximum absolute atomic E-state index is 6.10. The zero-order valence-electron chi connectivity index (χ0n) is 10.9. The molecule has 3 rings (SSSR count). The van der Waals surface area contributed by atoms with Gasteiger partial charge < -0.3 is 14.8 Å². The van der Waals surface area contributed by atoms with Crippen LogP contribution in [0.5, 0.6) is 11.5 Å². The van der Waals surface area contributed by atoms with E-state index in [-0.39, 0.29) is 0 Å². The molecule has 18 heavy (non-hydrogen) atoms. The van der Waals surface area contributed by atoms with Crippen LogP contribution in [0.15, 0.2) is 24.3 Å². The molecular weight excluding hydrogens is 226 g/mol. The number of fused-ring (bicyclic) bond motifs is 2. The summed E-state index contributed by atoms with van der Waals surface area (Å²) in [5.41, 5.74) is 0. The lowest BCUT2D eigenvalue weighted by molar-refractivity contribution is 0.0927. The van der Waals surface area contributed by atoms with Gasteiger partial charge in [0.15, 0.2) is 0 Å². The van der Waals surface area contributed by atoms with Crippen molar-refractivity contribution in [2.45, 2.75) is 50.3 Å². The quantitative estimate of drug-likeness (QED) is 0.891. The number of ether oxygens (including phenoxy) is 2. The molecular formula is C15H21NO2. The molecule has 2 bridgehead atoms. The van der Waals surface area contributed by atoms with E-state index >= 15 is 0 Å². The number of piperidine rings is 2. The van der Waals surface area contributed by atoms with Crippen LogP contribution >= 0.6 is 0 Å². The Morgan fingerprint density at radius 3 is 2.22 bits per heavy atom. The van der Waals surface area contributed by atoms with Crippen LogP contribution in [0.4, 0.5) is 0 Å². The molecule has 2 unspecified atom stereocenters. The minimum Gasteiger partial charge on any atom is -0.497 e. The lowest BCUT2D eigenvalue weighted by Gasteiger charge is -2.40. The van der Waals surface area contributed by atoms with Gasteiger partial charge in [0, 0.05) is 12.1 Å². The van der Waals surface area contributed by atoms with E-state index < -0.39 is 0 Å². The Bertz CT molecular complexity index is 378. The standard InChI is InChI=1S/C15H21NO2/c1-17-13-5-7-14(8-6-13)18-15-9-11-3-2-4-12(10-15)16-11/h5-8,11-12,15-16H,2-4,9-10H2,1H3. The van der Waals surface area contributed by atoms with Crippen molar-refractivity contribution in [1.29, 1.82) is 0 Å². The van der Waals surface area contributed by atoms with Gasteiger partial charge in [0.1, 0.15) is 17.6 Å². The molecule has 0 spiro atoms. The molecule has 1 aromatic carbocycles. The minimum atomic E-state index is 0.370. The molecule has 0 saturated carbocycles. The summed E-state index contributed by atoms with van der Waals surface area (Å²) >= 11 is 0. The van der Waals surface area contributed by atoms with Crippen molar-refractivity contribution < 1.29 is 9.47 Å². The van der Waals surface area contributed by atoms with Crippen LogP contribution in [0.25, 0.3) is 0 Å². The average Bonchev–Trinajstić information content (AvgIpc) is 2.39. The van der Waals surface area contributed by atoms with Gasteiger partial charge in [-0.3, -0.25) is 0 Å². The number of benzene rings is 1. The van der Waals surface area contributed by atoms with Crippen molar-refractivity contribution in [3.8, 4) is 11.5 Å². The second-order valence-electron chi connectivity index (χ2n) is 5.38. The molecule has 2 aliphatic rings. The molecule has 2 fully saturated rings. The predicted octanol–water partition coefficient (Wildman–Crippen LogP) is 2.75. The molecule has 2 atom stereocenters. The molecule has 3 heteroatoms. The predicted molar refractivity (Wildman–Crippen MR) is 71.2 cm³/mol. The number of hydrogen-bond acceptors (Lipinski definition) is 3.